The van der Waals surface area contributed by atoms with E-state index in [1.54, 1.807) is 0 Å². The van der Waals surface area contributed by atoms with Crippen LogP contribution in [0.15, 0.2) is 60.7 Å². The van der Waals surface area contributed by atoms with E-state index >= 15 is 0 Å². The van der Waals surface area contributed by atoms with Crippen molar-refractivity contribution in [3.8, 4) is 0 Å². The number of benzene rings is 2. The summed E-state index contributed by atoms with van der Waals surface area (Å²) in [6.45, 7) is 4.70. The molecular formula is C21H26N2O. The number of nitrogens with one attached hydrogen (secondary N) is 1. The summed E-state index contributed by atoms with van der Waals surface area (Å²) in [5.41, 5.74) is 2.53. The minimum absolute atomic E-state index is 0.247. The van der Waals surface area contributed by atoms with Crippen molar-refractivity contribution >= 4 is 5.91 Å². The molecule has 3 rings (SSSR count). The Kier molecular flexibility index (Phi) is 5.65. The maximum Gasteiger partial charge on any atom is 0.223 e. The van der Waals surface area contributed by atoms with Crippen molar-refractivity contribution in [1.82, 2.24) is 10.2 Å². The largest absolute Gasteiger partial charge is 0.337 e. The zero-order chi connectivity index (χ0) is 16.8. The van der Waals surface area contributed by atoms with Crippen molar-refractivity contribution in [2.45, 2.75) is 31.7 Å². The van der Waals surface area contributed by atoms with Crippen molar-refractivity contribution in [1.29, 1.82) is 0 Å². The normalized spacial score (nSPS) is 19.0. The van der Waals surface area contributed by atoms with Crippen LogP contribution in [0, 0.1) is 0 Å². The topological polar surface area (TPSA) is 32.3 Å². The van der Waals surface area contributed by atoms with Crippen LogP contribution in [-0.2, 0) is 11.2 Å². The third-order valence-electron chi connectivity index (χ3n) is 4.83. The summed E-state index contributed by atoms with van der Waals surface area (Å²) >= 11 is 0. The predicted molar refractivity (Wildman–Crippen MR) is 98.0 cm³/mol. The molecule has 3 nitrogen and oxygen atoms in total. The van der Waals surface area contributed by atoms with Crippen LogP contribution < -0.4 is 5.32 Å². The fraction of sp³-hybridized carbons (Fsp3) is 0.381. The molecule has 0 radical (unpaired) electrons. The molecule has 1 aliphatic heterocycles. The molecule has 0 spiro atoms. The molecule has 1 aliphatic rings. The number of rotatable bonds is 5. The maximum atomic E-state index is 12.9. The first-order chi connectivity index (χ1) is 11.7. The van der Waals surface area contributed by atoms with Gasteiger partial charge in [0.25, 0.3) is 0 Å². The zero-order valence-electron chi connectivity index (χ0n) is 14.3. The summed E-state index contributed by atoms with van der Waals surface area (Å²) < 4.78 is 0. The van der Waals surface area contributed by atoms with E-state index in [-0.39, 0.29) is 17.9 Å². The van der Waals surface area contributed by atoms with E-state index in [4.69, 9.17) is 0 Å². The van der Waals surface area contributed by atoms with E-state index in [2.05, 4.69) is 53.5 Å². The lowest BCUT2D eigenvalue weighted by Crippen LogP contribution is -2.54. The average Bonchev–Trinajstić information content (AvgIpc) is 2.63. The van der Waals surface area contributed by atoms with E-state index in [0.717, 1.165) is 26.1 Å². The Labute approximate surface area is 144 Å². The second-order valence-corrected chi connectivity index (χ2v) is 6.65. The Bertz CT molecular complexity index is 641. The van der Waals surface area contributed by atoms with Gasteiger partial charge in [0.05, 0.1) is 0 Å². The number of carbonyl (C=O) groups is 1. The first kappa shape index (κ1) is 16.7. The fourth-order valence-corrected chi connectivity index (χ4v) is 3.44. The van der Waals surface area contributed by atoms with Crippen LogP contribution in [0.2, 0.25) is 0 Å². The van der Waals surface area contributed by atoms with Gasteiger partial charge in [0.1, 0.15) is 0 Å². The summed E-state index contributed by atoms with van der Waals surface area (Å²) in [4.78, 5) is 15.0. The Morgan fingerprint density at radius 1 is 1.12 bits per heavy atom. The van der Waals surface area contributed by atoms with Crippen LogP contribution in [0.25, 0.3) is 0 Å². The summed E-state index contributed by atoms with van der Waals surface area (Å²) in [7, 11) is 0. The standard InChI is InChI=1S/C21H26N2O/c1-17(19-10-6-3-7-11-19)14-21(24)23-13-12-22-16-20(23)15-18-8-4-2-5-9-18/h2-11,17,20,22H,12-16H2,1H3/t17-,20+/m0/s1. The molecule has 1 saturated heterocycles. The van der Waals surface area contributed by atoms with Gasteiger partial charge in [0.15, 0.2) is 0 Å². The molecule has 0 bridgehead atoms. The van der Waals surface area contributed by atoms with Crippen LogP contribution in [-0.4, -0.2) is 36.5 Å². The highest BCUT2D eigenvalue weighted by Crippen LogP contribution is 2.21. The summed E-state index contributed by atoms with van der Waals surface area (Å²) in [5, 5.41) is 3.43. The monoisotopic (exact) mass is 322 g/mol. The van der Waals surface area contributed by atoms with Crippen molar-refractivity contribution in [3.05, 3.63) is 71.8 Å². The van der Waals surface area contributed by atoms with Gasteiger partial charge in [-0.05, 0) is 23.5 Å². The summed E-state index contributed by atoms with van der Waals surface area (Å²) in [6, 6.07) is 21.0. The van der Waals surface area contributed by atoms with Gasteiger partial charge in [-0.3, -0.25) is 4.79 Å². The van der Waals surface area contributed by atoms with E-state index < -0.39 is 0 Å². The third-order valence-corrected chi connectivity index (χ3v) is 4.83. The Balaban J connectivity index is 1.65. The van der Waals surface area contributed by atoms with Crippen molar-refractivity contribution < 1.29 is 4.79 Å². The smallest absolute Gasteiger partial charge is 0.223 e. The van der Waals surface area contributed by atoms with Crippen molar-refractivity contribution in [2.24, 2.45) is 0 Å². The van der Waals surface area contributed by atoms with Gasteiger partial charge < -0.3 is 10.2 Å². The lowest BCUT2D eigenvalue weighted by Gasteiger charge is -2.37. The number of amides is 1. The number of piperazine rings is 1. The molecule has 126 valence electrons. The molecule has 1 heterocycles. The summed E-state index contributed by atoms with van der Waals surface area (Å²) in [5.74, 6) is 0.528. The van der Waals surface area contributed by atoms with Crippen molar-refractivity contribution in [2.75, 3.05) is 19.6 Å². The number of hydrogen-bond donors (Lipinski definition) is 1. The highest BCUT2D eigenvalue weighted by molar-refractivity contribution is 5.77. The first-order valence-corrected chi connectivity index (χ1v) is 8.83. The third kappa shape index (κ3) is 4.24. The van der Waals surface area contributed by atoms with E-state index in [1.807, 2.05) is 24.3 Å². The molecule has 2 aromatic rings. The molecule has 0 saturated carbocycles. The van der Waals surface area contributed by atoms with E-state index in [0.29, 0.717) is 6.42 Å². The van der Waals surface area contributed by atoms with Crippen LogP contribution in [0.3, 0.4) is 0 Å². The van der Waals surface area contributed by atoms with E-state index in [1.165, 1.54) is 11.1 Å². The molecule has 1 fully saturated rings. The molecule has 2 aromatic carbocycles. The highest BCUT2D eigenvalue weighted by Gasteiger charge is 2.27. The number of nitrogens with zero attached hydrogens (tertiary/aromatic N) is 1. The Morgan fingerprint density at radius 2 is 1.79 bits per heavy atom. The number of hydrogen-bond acceptors (Lipinski definition) is 2. The molecule has 0 unspecified atom stereocenters. The molecule has 0 aliphatic carbocycles. The molecular weight excluding hydrogens is 296 g/mol. The van der Waals surface area contributed by atoms with Gasteiger partial charge in [0.2, 0.25) is 5.91 Å². The van der Waals surface area contributed by atoms with Crippen LogP contribution in [0.4, 0.5) is 0 Å². The molecule has 1 amide bonds. The minimum Gasteiger partial charge on any atom is -0.337 e. The SMILES string of the molecule is C[C@@H](CC(=O)N1CCNC[C@H]1Cc1ccccc1)c1ccccc1. The molecule has 0 aromatic heterocycles. The fourth-order valence-electron chi connectivity index (χ4n) is 3.44. The lowest BCUT2D eigenvalue weighted by atomic mass is 9.96. The molecule has 3 heteroatoms. The van der Waals surface area contributed by atoms with Crippen LogP contribution >= 0.6 is 0 Å². The van der Waals surface area contributed by atoms with Crippen LogP contribution in [0.1, 0.15) is 30.4 Å². The van der Waals surface area contributed by atoms with Gasteiger partial charge in [0, 0.05) is 32.1 Å². The quantitative estimate of drug-likeness (QED) is 0.917. The van der Waals surface area contributed by atoms with Crippen LogP contribution in [0.5, 0.6) is 0 Å². The minimum atomic E-state index is 0.247. The van der Waals surface area contributed by atoms with Gasteiger partial charge in [-0.2, -0.15) is 0 Å². The maximum absolute atomic E-state index is 12.9. The van der Waals surface area contributed by atoms with Crippen molar-refractivity contribution in [3.63, 3.8) is 0 Å². The Hall–Kier alpha value is -2.13. The second-order valence-electron chi connectivity index (χ2n) is 6.65. The van der Waals surface area contributed by atoms with Gasteiger partial charge in [-0.25, -0.2) is 0 Å². The van der Waals surface area contributed by atoms with Gasteiger partial charge in [-0.1, -0.05) is 67.6 Å². The van der Waals surface area contributed by atoms with Gasteiger partial charge in [-0.15, -0.1) is 0 Å². The van der Waals surface area contributed by atoms with E-state index in [9.17, 15) is 4.79 Å². The summed E-state index contributed by atoms with van der Waals surface area (Å²) in [6.07, 6.45) is 1.49. The number of carbonyl (C=O) groups excluding carboxylic acids is 1. The lowest BCUT2D eigenvalue weighted by molar-refractivity contribution is -0.134. The first-order valence-electron chi connectivity index (χ1n) is 8.83. The molecule has 2 atom stereocenters. The van der Waals surface area contributed by atoms with Gasteiger partial charge >= 0.3 is 0 Å². The Morgan fingerprint density at radius 3 is 2.50 bits per heavy atom. The molecule has 1 N–H and O–H groups in total. The predicted octanol–water partition coefficient (Wildman–Crippen LogP) is 3.22. The second kappa shape index (κ2) is 8.11. The molecule has 24 heavy (non-hydrogen) atoms. The highest BCUT2D eigenvalue weighted by atomic mass is 16.2. The average molecular weight is 322 g/mol. The zero-order valence-corrected chi connectivity index (χ0v) is 14.3.